The number of hydrogen-bond acceptors (Lipinski definition) is 3. The normalized spacial score (nSPS) is 17.7. The van der Waals surface area contributed by atoms with Gasteiger partial charge in [0, 0.05) is 17.0 Å². The smallest absolute Gasteiger partial charge is 0.339 e. The van der Waals surface area contributed by atoms with Crippen LogP contribution in [0.25, 0.3) is 11.0 Å². The fourth-order valence-electron chi connectivity index (χ4n) is 3.43. The summed E-state index contributed by atoms with van der Waals surface area (Å²) in [6.45, 7) is 4.76. The van der Waals surface area contributed by atoms with E-state index in [1.54, 1.807) is 0 Å². The predicted molar refractivity (Wildman–Crippen MR) is 84.1 cm³/mol. The largest absolute Gasteiger partial charge is 0.494 e. The van der Waals surface area contributed by atoms with E-state index in [1.807, 2.05) is 25.1 Å². The van der Waals surface area contributed by atoms with Crippen LogP contribution in [0.2, 0.25) is 0 Å². The Labute approximate surface area is 124 Å². The molecule has 0 radical (unpaired) electrons. The van der Waals surface area contributed by atoms with Gasteiger partial charge < -0.3 is 9.15 Å². The standard InChI is InChI=1S/C18H22O3/c1-3-5-12-6-8-14-15-9-7-13(20-4-2)11-17(15)21-18(19)16(14)10-12/h7,9,11-12H,3-6,8,10H2,1-2H3. The highest BCUT2D eigenvalue weighted by Gasteiger charge is 2.23. The van der Waals surface area contributed by atoms with Crippen LogP contribution >= 0.6 is 0 Å². The molecule has 3 rings (SSSR count). The average molecular weight is 286 g/mol. The molecule has 0 bridgehead atoms. The molecule has 1 atom stereocenters. The van der Waals surface area contributed by atoms with Crippen LogP contribution in [0.4, 0.5) is 0 Å². The third kappa shape index (κ3) is 2.69. The summed E-state index contributed by atoms with van der Waals surface area (Å²) in [4.78, 5) is 12.3. The monoisotopic (exact) mass is 286 g/mol. The molecule has 0 aliphatic heterocycles. The summed E-state index contributed by atoms with van der Waals surface area (Å²) in [7, 11) is 0. The van der Waals surface area contributed by atoms with Gasteiger partial charge in [-0.05, 0) is 49.8 Å². The quantitative estimate of drug-likeness (QED) is 0.794. The van der Waals surface area contributed by atoms with Crippen LogP contribution in [0.1, 0.15) is 44.2 Å². The Balaban J connectivity index is 2.06. The minimum atomic E-state index is -0.160. The molecule has 2 aromatic rings. The molecule has 1 aliphatic carbocycles. The molecule has 1 aromatic heterocycles. The van der Waals surface area contributed by atoms with E-state index in [9.17, 15) is 4.79 Å². The summed E-state index contributed by atoms with van der Waals surface area (Å²) in [6.07, 6.45) is 5.40. The van der Waals surface area contributed by atoms with Crippen molar-refractivity contribution in [3.8, 4) is 5.75 Å². The van der Waals surface area contributed by atoms with E-state index in [4.69, 9.17) is 9.15 Å². The third-order valence-corrected chi connectivity index (χ3v) is 4.39. The first-order chi connectivity index (χ1) is 10.2. The van der Waals surface area contributed by atoms with Crippen molar-refractivity contribution < 1.29 is 9.15 Å². The number of rotatable bonds is 4. The molecule has 0 fully saturated rings. The van der Waals surface area contributed by atoms with E-state index in [1.165, 1.54) is 24.8 Å². The van der Waals surface area contributed by atoms with Gasteiger partial charge in [-0.3, -0.25) is 0 Å². The Morgan fingerprint density at radius 1 is 1.29 bits per heavy atom. The lowest BCUT2D eigenvalue weighted by Crippen LogP contribution is -2.22. The van der Waals surface area contributed by atoms with Gasteiger partial charge >= 0.3 is 5.63 Å². The van der Waals surface area contributed by atoms with Crippen molar-refractivity contribution in [2.45, 2.75) is 46.0 Å². The molecule has 0 saturated heterocycles. The molecule has 3 heteroatoms. The first-order valence-electron chi connectivity index (χ1n) is 7.94. The summed E-state index contributed by atoms with van der Waals surface area (Å²) < 4.78 is 11.0. The minimum absolute atomic E-state index is 0.160. The van der Waals surface area contributed by atoms with Gasteiger partial charge in [0.05, 0.1) is 6.61 Å². The van der Waals surface area contributed by atoms with E-state index in [-0.39, 0.29) is 5.63 Å². The van der Waals surface area contributed by atoms with Crippen molar-refractivity contribution >= 4 is 11.0 Å². The first kappa shape index (κ1) is 14.2. The van der Waals surface area contributed by atoms with E-state index in [2.05, 4.69) is 6.92 Å². The van der Waals surface area contributed by atoms with Gasteiger partial charge in [-0.2, -0.15) is 0 Å². The van der Waals surface area contributed by atoms with Crippen LogP contribution < -0.4 is 10.4 Å². The van der Waals surface area contributed by atoms with Crippen molar-refractivity contribution in [2.75, 3.05) is 6.61 Å². The van der Waals surface area contributed by atoms with Crippen LogP contribution in [0.3, 0.4) is 0 Å². The second kappa shape index (κ2) is 5.92. The fourth-order valence-corrected chi connectivity index (χ4v) is 3.43. The maximum atomic E-state index is 12.3. The zero-order valence-electron chi connectivity index (χ0n) is 12.8. The molecule has 1 unspecified atom stereocenters. The van der Waals surface area contributed by atoms with Crippen LogP contribution in [0, 0.1) is 5.92 Å². The zero-order chi connectivity index (χ0) is 14.8. The van der Waals surface area contributed by atoms with Gasteiger partial charge in [-0.1, -0.05) is 19.8 Å². The maximum Gasteiger partial charge on any atom is 0.339 e. The molecular weight excluding hydrogens is 264 g/mol. The molecule has 21 heavy (non-hydrogen) atoms. The highest BCUT2D eigenvalue weighted by atomic mass is 16.5. The third-order valence-electron chi connectivity index (χ3n) is 4.39. The number of fused-ring (bicyclic) bond motifs is 3. The SMILES string of the molecule is CCCC1CCc2c(c(=O)oc3cc(OCC)ccc23)C1. The first-order valence-corrected chi connectivity index (χ1v) is 7.94. The summed E-state index contributed by atoms with van der Waals surface area (Å²) in [5, 5.41) is 1.07. The van der Waals surface area contributed by atoms with E-state index in [0.717, 1.165) is 29.5 Å². The van der Waals surface area contributed by atoms with Gasteiger partial charge in [0.25, 0.3) is 0 Å². The Hall–Kier alpha value is -1.77. The van der Waals surface area contributed by atoms with Crippen LogP contribution in [0.5, 0.6) is 5.75 Å². The Kier molecular flexibility index (Phi) is 4.00. The maximum absolute atomic E-state index is 12.3. The summed E-state index contributed by atoms with van der Waals surface area (Å²) in [5.74, 6) is 1.39. The topological polar surface area (TPSA) is 39.4 Å². The number of benzene rings is 1. The second-order valence-corrected chi connectivity index (χ2v) is 5.84. The molecule has 3 nitrogen and oxygen atoms in total. The highest BCUT2D eigenvalue weighted by Crippen LogP contribution is 2.32. The van der Waals surface area contributed by atoms with Crippen LogP contribution in [-0.4, -0.2) is 6.61 Å². The lowest BCUT2D eigenvalue weighted by atomic mass is 9.81. The molecule has 0 saturated carbocycles. The van der Waals surface area contributed by atoms with Gasteiger partial charge in [0.1, 0.15) is 11.3 Å². The fraction of sp³-hybridized carbons (Fsp3) is 0.500. The van der Waals surface area contributed by atoms with Crippen molar-refractivity contribution in [3.63, 3.8) is 0 Å². The Morgan fingerprint density at radius 3 is 2.90 bits per heavy atom. The lowest BCUT2D eigenvalue weighted by molar-refractivity contribution is 0.340. The van der Waals surface area contributed by atoms with Gasteiger partial charge in [-0.15, -0.1) is 0 Å². The number of ether oxygens (including phenoxy) is 1. The molecule has 0 spiro atoms. The van der Waals surface area contributed by atoms with Crippen molar-refractivity contribution in [1.82, 2.24) is 0 Å². The van der Waals surface area contributed by atoms with Crippen molar-refractivity contribution in [2.24, 2.45) is 5.92 Å². The lowest BCUT2D eigenvalue weighted by Gasteiger charge is -2.24. The molecule has 1 aliphatic rings. The number of aryl methyl sites for hydroxylation is 1. The number of hydrogen-bond donors (Lipinski definition) is 0. The van der Waals surface area contributed by atoms with Crippen LogP contribution in [0.15, 0.2) is 27.4 Å². The molecule has 1 heterocycles. The summed E-state index contributed by atoms with van der Waals surface area (Å²) >= 11 is 0. The second-order valence-electron chi connectivity index (χ2n) is 5.84. The molecule has 0 N–H and O–H groups in total. The molecule has 112 valence electrons. The molecule has 0 amide bonds. The van der Waals surface area contributed by atoms with Crippen molar-refractivity contribution in [1.29, 1.82) is 0 Å². The Bertz CT molecular complexity index is 699. The van der Waals surface area contributed by atoms with Crippen LogP contribution in [-0.2, 0) is 12.8 Å². The van der Waals surface area contributed by atoms with Gasteiger partial charge in [-0.25, -0.2) is 4.79 Å². The predicted octanol–water partition coefficient (Wildman–Crippen LogP) is 4.10. The average Bonchev–Trinajstić information content (AvgIpc) is 2.48. The van der Waals surface area contributed by atoms with Crippen molar-refractivity contribution in [3.05, 3.63) is 39.7 Å². The van der Waals surface area contributed by atoms with E-state index in [0.29, 0.717) is 18.1 Å². The summed E-state index contributed by atoms with van der Waals surface area (Å²) in [5.41, 5.74) is 2.58. The van der Waals surface area contributed by atoms with E-state index < -0.39 is 0 Å². The minimum Gasteiger partial charge on any atom is -0.494 e. The molecule has 1 aromatic carbocycles. The molecular formula is C18H22O3. The zero-order valence-corrected chi connectivity index (χ0v) is 12.8. The van der Waals surface area contributed by atoms with E-state index >= 15 is 0 Å². The van der Waals surface area contributed by atoms with Gasteiger partial charge in [0.2, 0.25) is 0 Å². The highest BCUT2D eigenvalue weighted by molar-refractivity contribution is 5.82. The van der Waals surface area contributed by atoms with Gasteiger partial charge in [0.15, 0.2) is 0 Å². The summed E-state index contributed by atoms with van der Waals surface area (Å²) in [6, 6.07) is 5.82. The Morgan fingerprint density at radius 2 is 2.14 bits per heavy atom.